The van der Waals surface area contributed by atoms with Gasteiger partial charge >= 0.3 is 0 Å². The van der Waals surface area contributed by atoms with Crippen LogP contribution >= 0.6 is 12.4 Å². The van der Waals surface area contributed by atoms with Gasteiger partial charge in [-0.25, -0.2) is 0 Å². The molecule has 0 saturated heterocycles. The predicted molar refractivity (Wildman–Crippen MR) is 212 cm³/mol. The third kappa shape index (κ3) is 46.6. The number of hydrogen-bond donors (Lipinski definition) is 1. The van der Waals surface area contributed by atoms with E-state index in [0.29, 0.717) is 6.04 Å². The van der Waals surface area contributed by atoms with Crippen LogP contribution in [0.25, 0.3) is 0 Å². The van der Waals surface area contributed by atoms with Gasteiger partial charge in [0.1, 0.15) is 0 Å². The van der Waals surface area contributed by atoms with Crippen LogP contribution in [0, 0.1) is 0 Å². The highest BCUT2D eigenvalue weighted by atomic mass is 35.5. The molecule has 0 aromatic heterocycles. The van der Waals surface area contributed by atoms with Gasteiger partial charge < -0.3 is 22.6 Å². The van der Waals surface area contributed by atoms with Crippen molar-refractivity contribution in [2.45, 2.75) is 246 Å². The molecule has 2 N–H and O–H groups in total. The molecule has 0 aliphatic carbocycles. The highest BCUT2D eigenvalue weighted by Gasteiger charge is 2.20. The lowest BCUT2D eigenvalue weighted by atomic mass is 10.0. The standard InChI is InChI=1S/C28H60N.C14H31N.2ClH/c1-5-8-11-14-17-20-23-26-29(4,27-24-21-18-15-12-9-6-2)28-25-22-19-16-13-10-7-3;1-3-4-5-6-7-8-9-10-11-12-13-14(2)15;;/h5-28H2,1-4H3;14H,3-13,15H2,1-2H3;2*1H/q+1;;;/p-1. The molecule has 4 heteroatoms. The molecule has 1 unspecified atom stereocenters. The van der Waals surface area contributed by atoms with Gasteiger partial charge in [0.05, 0.1) is 26.7 Å². The van der Waals surface area contributed by atoms with Crippen molar-refractivity contribution in [3.63, 3.8) is 0 Å². The van der Waals surface area contributed by atoms with Crippen LogP contribution in [-0.2, 0) is 0 Å². The zero-order valence-corrected chi connectivity index (χ0v) is 34.7. The van der Waals surface area contributed by atoms with Crippen LogP contribution in [0.1, 0.15) is 240 Å². The molecule has 46 heavy (non-hydrogen) atoms. The van der Waals surface area contributed by atoms with Crippen molar-refractivity contribution in [3.8, 4) is 0 Å². The molecular formula is C42H92Cl2N2. The van der Waals surface area contributed by atoms with Gasteiger partial charge in [-0.05, 0) is 51.9 Å². The van der Waals surface area contributed by atoms with E-state index in [1.54, 1.807) is 0 Å². The van der Waals surface area contributed by atoms with Gasteiger partial charge in [0.25, 0.3) is 0 Å². The Balaban J connectivity index is -0.000000441. The average Bonchev–Trinajstić information content (AvgIpc) is 3.01. The van der Waals surface area contributed by atoms with Crippen LogP contribution in [0.5, 0.6) is 0 Å². The molecule has 0 aliphatic heterocycles. The summed E-state index contributed by atoms with van der Waals surface area (Å²) in [6, 6.07) is 0.402. The molecule has 0 fully saturated rings. The molecule has 0 amide bonds. The van der Waals surface area contributed by atoms with E-state index in [-0.39, 0.29) is 24.8 Å². The summed E-state index contributed by atoms with van der Waals surface area (Å²) in [5.74, 6) is 0. The number of hydrogen-bond acceptors (Lipinski definition) is 1. The summed E-state index contributed by atoms with van der Waals surface area (Å²) in [5, 5.41) is 0. The Morgan fingerprint density at radius 3 is 0.783 bits per heavy atom. The van der Waals surface area contributed by atoms with Crippen molar-refractivity contribution >= 4 is 12.4 Å². The first kappa shape index (κ1) is 53.3. The fourth-order valence-corrected chi connectivity index (χ4v) is 6.64. The Morgan fingerprint density at radius 2 is 0.565 bits per heavy atom. The lowest BCUT2D eigenvalue weighted by molar-refractivity contribution is -0.910. The van der Waals surface area contributed by atoms with Crippen molar-refractivity contribution in [1.29, 1.82) is 0 Å². The SMILES string of the molecule is CCCCCCCCCCCCC(C)N.CCCCCCCCC[N+](C)(CCCCCCCCC)CCCCCCCCC.Cl.[Cl-]. The Kier molecular flexibility index (Phi) is 52.7. The van der Waals surface area contributed by atoms with Crippen LogP contribution in [-0.4, -0.2) is 37.2 Å². The fourth-order valence-electron chi connectivity index (χ4n) is 6.64. The van der Waals surface area contributed by atoms with Crippen LogP contribution in [0.2, 0.25) is 0 Å². The molecule has 1 atom stereocenters. The fraction of sp³-hybridized carbons (Fsp3) is 1.00. The van der Waals surface area contributed by atoms with Crippen molar-refractivity contribution in [3.05, 3.63) is 0 Å². The average molecular weight is 696 g/mol. The summed E-state index contributed by atoms with van der Waals surface area (Å²) in [6.45, 7) is 15.6. The molecule has 0 spiro atoms. The quantitative estimate of drug-likeness (QED) is 0.0518. The van der Waals surface area contributed by atoms with E-state index >= 15 is 0 Å². The van der Waals surface area contributed by atoms with Crippen molar-refractivity contribution in [2.75, 3.05) is 26.7 Å². The molecule has 0 radical (unpaired) electrons. The van der Waals surface area contributed by atoms with Gasteiger partial charge in [0.15, 0.2) is 0 Å². The van der Waals surface area contributed by atoms with E-state index in [0.717, 1.165) is 0 Å². The van der Waals surface area contributed by atoms with Gasteiger partial charge in [0, 0.05) is 6.04 Å². The highest BCUT2D eigenvalue weighted by Crippen LogP contribution is 2.17. The number of nitrogens with zero attached hydrogens (tertiary/aromatic N) is 1. The molecule has 0 aromatic carbocycles. The molecule has 0 saturated carbocycles. The van der Waals surface area contributed by atoms with Gasteiger partial charge in [-0.1, -0.05) is 188 Å². The normalized spacial score (nSPS) is 11.8. The molecule has 0 aliphatic rings. The zero-order chi connectivity index (χ0) is 32.8. The molecular weight excluding hydrogens is 603 g/mol. The highest BCUT2D eigenvalue weighted by molar-refractivity contribution is 5.85. The summed E-state index contributed by atoms with van der Waals surface area (Å²) in [7, 11) is 2.57. The molecule has 0 aromatic rings. The third-order valence-corrected chi connectivity index (χ3v) is 9.92. The topological polar surface area (TPSA) is 26.0 Å². The van der Waals surface area contributed by atoms with E-state index in [2.05, 4.69) is 41.7 Å². The van der Waals surface area contributed by atoms with Crippen molar-refractivity contribution in [2.24, 2.45) is 5.73 Å². The number of unbranched alkanes of at least 4 members (excludes halogenated alkanes) is 27. The summed E-state index contributed by atoms with van der Waals surface area (Å²) >= 11 is 0. The lowest BCUT2D eigenvalue weighted by Gasteiger charge is -2.35. The smallest absolute Gasteiger partial charge is 0.0784 e. The minimum Gasteiger partial charge on any atom is -1.00 e. The zero-order valence-electron chi connectivity index (χ0n) is 33.1. The minimum absolute atomic E-state index is 0. The Labute approximate surface area is 306 Å². The van der Waals surface area contributed by atoms with Gasteiger partial charge in [-0.2, -0.15) is 0 Å². The van der Waals surface area contributed by atoms with Gasteiger partial charge in [-0.15, -0.1) is 12.4 Å². The predicted octanol–water partition coefficient (Wildman–Crippen LogP) is 11.8. The second-order valence-electron chi connectivity index (χ2n) is 15.1. The number of rotatable bonds is 35. The summed E-state index contributed by atoms with van der Waals surface area (Å²) in [5.41, 5.74) is 5.70. The summed E-state index contributed by atoms with van der Waals surface area (Å²) < 4.78 is 1.36. The minimum atomic E-state index is 0. The van der Waals surface area contributed by atoms with Crippen LogP contribution < -0.4 is 18.1 Å². The Morgan fingerprint density at radius 1 is 0.370 bits per heavy atom. The van der Waals surface area contributed by atoms with Crippen LogP contribution in [0.4, 0.5) is 0 Å². The lowest BCUT2D eigenvalue weighted by Crippen LogP contribution is -3.00. The number of nitrogens with two attached hydrogens (primary N) is 1. The summed E-state index contributed by atoms with van der Waals surface area (Å²) in [6.07, 6.45) is 45.7. The second kappa shape index (κ2) is 45.5. The first-order valence-electron chi connectivity index (χ1n) is 21.0. The summed E-state index contributed by atoms with van der Waals surface area (Å²) in [4.78, 5) is 0. The van der Waals surface area contributed by atoms with E-state index < -0.39 is 0 Å². The van der Waals surface area contributed by atoms with Crippen LogP contribution in [0.15, 0.2) is 0 Å². The number of quaternary nitrogens is 1. The van der Waals surface area contributed by atoms with E-state index in [4.69, 9.17) is 5.73 Å². The molecule has 284 valence electrons. The monoisotopic (exact) mass is 695 g/mol. The second-order valence-corrected chi connectivity index (χ2v) is 15.1. The molecule has 0 rings (SSSR count). The van der Waals surface area contributed by atoms with E-state index in [1.165, 1.54) is 230 Å². The van der Waals surface area contributed by atoms with Gasteiger partial charge in [-0.3, -0.25) is 0 Å². The molecule has 2 nitrogen and oxygen atoms in total. The van der Waals surface area contributed by atoms with E-state index in [1.807, 2.05) is 0 Å². The Bertz CT molecular complexity index is 454. The Hall–Kier alpha value is 0.500. The van der Waals surface area contributed by atoms with Crippen LogP contribution in [0.3, 0.4) is 0 Å². The maximum atomic E-state index is 5.70. The van der Waals surface area contributed by atoms with Crippen molar-refractivity contribution < 1.29 is 16.9 Å². The van der Waals surface area contributed by atoms with E-state index in [9.17, 15) is 0 Å². The third-order valence-electron chi connectivity index (χ3n) is 9.92. The first-order chi connectivity index (χ1) is 21.5. The van der Waals surface area contributed by atoms with Gasteiger partial charge in [0.2, 0.25) is 0 Å². The largest absolute Gasteiger partial charge is 1.00 e. The number of halogens is 2. The molecule has 0 bridgehead atoms. The first-order valence-corrected chi connectivity index (χ1v) is 21.0. The maximum Gasteiger partial charge on any atom is 0.0784 e. The molecule has 0 heterocycles. The van der Waals surface area contributed by atoms with Crippen molar-refractivity contribution in [1.82, 2.24) is 0 Å². The maximum absolute atomic E-state index is 5.70.